The molecule has 1 saturated heterocycles. The highest BCUT2D eigenvalue weighted by atomic mass is 32.1. The van der Waals surface area contributed by atoms with Crippen molar-refractivity contribution in [2.45, 2.75) is 39.3 Å². The van der Waals surface area contributed by atoms with Crippen LogP contribution in [0.15, 0.2) is 40.8 Å². The number of carbonyl (C=O) groups is 2. The normalized spacial score (nSPS) is 19.8. The third kappa shape index (κ3) is 4.44. The van der Waals surface area contributed by atoms with Gasteiger partial charge in [0.15, 0.2) is 5.78 Å². The Kier molecular flexibility index (Phi) is 6.24. The lowest BCUT2D eigenvalue weighted by Gasteiger charge is -2.34. The summed E-state index contributed by atoms with van der Waals surface area (Å²) >= 11 is 1.71. The molecule has 2 aliphatic heterocycles. The number of ketones is 1. The Morgan fingerprint density at radius 1 is 1.13 bits per heavy atom. The number of anilines is 1. The van der Waals surface area contributed by atoms with Gasteiger partial charge >= 0.3 is 0 Å². The molecule has 1 atom stereocenters. The van der Waals surface area contributed by atoms with Crippen LogP contribution in [-0.2, 0) is 22.6 Å². The van der Waals surface area contributed by atoms with Crippen LogP contribution in [0.25, 0.3) is 0 Å². The van der Waals surface area contributed by atoms with Crippen LogP contribution in [-0.4, -0.2) is 64.4 Å². The van der Waals surface area contributed by atoms with Crippen molar-refractivity contribution in [3.8, 4) is 0 Å². The maximum atomic E-state index is 13.1. The van der Waals surface area contributed by atoms with Gasteiger partial charge in [-0.2, -0.15) is 5.10 Å². The van der Waals surface area contributed by atoms with Crippen molar-refractivity contribution in [1.82, 2.24) is 14.8 Å². The minimum Gasteiger partial charge on any atom is -0.335 e. The maximum absolute atomic E-state index is 13.1. The summed E-state index contributed by atoms with van der Waals surface area (Å²) in [5.74, 6) is -0.0359. The number of aryl methyl sites for hydroxylation is 1. The molecule has 2 aromatic rings. The van der Waals surface area contributed by atoms with Gasteiger partial charge in [-0.1, -0.05) is 25.1 Å². The van der Waals surface area contributed by atoms with Crippen LogP contribution in [0.1, 0.15) is 31.0 Å². The molecule has 30 heavy (non-hydrogen) atoms. The summed E-state index contributed by atoms with van der Waals surface area (Å²) in [5, 5.41) is 9.54. The Hall–Kier alpha value is -2.58. The highest BCUT2D eigenvalue weighted by Crippen LogP contribution is 2.26. The molecular weight excluding hydrogens is 398 g/mol. The minimum atomic E-state index is -0.412. The lowest BCUT2D eigenvalue weighted by molar-refractivity contribution is -0.125. The molecule has 158 valence electrons. The maximum Gasteiger partial charge on any atom is 0.270 e. The number of Topliss-reactive ketones (excluding diaryl/α,β-unsaturated/α-hetero) is 1. The van der Waals surface area contributed by atoms with Gasteiger partial charge in [-0.3, -0.25) is 19.5 Å². The number of rotatable bonds is 6. The highest BCUT2D eigenvalue weighted by molar-refractivity contribution is 7.09. The predicted octanol–water partition coefficient (Wildman–Crippen LogP) is 2.57. The molecule has 8 heteroatoms. The molecule has 1 fully saturated rings. The molecule has 4 rings (SSSR count). The minimum absolute atomic E-state index is 0.0185. The van der Waals surface area contributed by atoms with Crippen molar-refractivity contribution in [2.75, 3.05) is 31.2 Å². The van der Waals surface area contributed by atoms with Gasteiger partial charge in [0.25, 0.3) is 5.91 Å². The third-order valence-electron chi connectivity index (χ3n) is 5.59. The second-order valence-corrected chi connectivity index (χ2v) is 8.65. The predicted molar refractivity (Wildman–Crippen MR) is 119 cm³/mol. The molecule has 0 spiro atoms. The Bertz CT molecular complexity index is 934. The second-order valence-electron chi connectivity index (χ2n) is 7.71. The number of hydrogen-bond acceptors (Lipinski definition) is 7. The number of benzene rings is 1. The van der Waals surface area contributed by atoms with Crippen LogP contribution in [0.2, 0.25) is 0 Å². The number of amides is 1. The van der Waals surface area contributed by atoms with E-state index in [-0.39, 0.29) is 11.7 Å². The first-order valence-electron chi connectivity index (χ1n) is 10.4. The van der Waals surface area contributed by atoms with E-state index in [4.69, 9.17) is 0 Å². The molecule has 1 aromatic heterocycles. The first kappa shape index (κ1) is 20.7. The molecule has 0 radical (unpaired) electrons. The Morgan fingerprint density at radius 2 is 1.87 bits per heavy atom. The van der Waals surface area contributed by atoms with Gasteiger partial charge in [0.05, 0.1) is 16.4 Å². The lowest BCUT2D eigenvalue weighted by Crippen LogP contribution is -2.50. The molecule has 1 amide bonds. The van der Waals surface area contributed by atoms with E-state index in [2.05, 4.69) is 27.3 Å². The van der Waals surface area contributed by atoms with Gasteiger partial charge in [0.1, 0.15) is 11.8 Å². The van der Waals surface area contributed by atoms with Crippen molar-refractivity contribution in [3.05, 3.63) is 46.4 Å². The number of hydrogen-bond donors (Lipinski definition) is 0. The molecular formula is C22H27N5O2S. The van der Waals surface area contributed by atoms with Gasteiger partial charge < -0.3 is 4.90 Å². The summed E-state index contributed by atoms with van der Waals surface area (Å²) in [6.45, 7) is 7.47. The molecule has 7 nitrogen and oxygen atoms in total. The fourth-order valence-corrected chi connectivity index (χ4v) is 4.62. The Morgan fingerprint density at radius 3 is 2.50 bits per heavy atom. The fraction of sp³-hybridized carbons (Fsp3) is 0.455. The van der Waals surface area contributed by atoms with Crippen molar-refractivity contribution >= 4 is 34.4 Å². The van der Waals surface area contributed by atoms with Crippen LogP contribution in [0.5, 0.6) is 0 Å². The first-order valence-corrected chi connectivity index (χ1v) is 11.3. The largest absolute Gasteiger partial charge is 0.335 e. The molecule has 2 aliphatic rings. The highest BCUT2D eigenvalue weighted by Gasteiger charge is 2.36. The zero-order valence-corrected chi connectivity index (χ0v) is 18.3. The van der Waals surface area contributed by atoms with Crippen molar-refractivity contribution < 1.29 is 9.59 Å². The molecule has 3 heterocycles. The molecule has 0 saturated carbocycles. The number of para-hydroxylation sites is 1. The van der Waals surface area contributed by atoms with Crippen molar-refractivity contribution in [3.63, 3.8) is 0 Å². The van der Waals surface area contributed by atoms with E-state index in [0.29, 0.717) is 25.2 Å². The topological polar surface area (TPSA) is 69.1 Å². The summed E-state index contributed by atoms with van der Waals surface area (Å²) < 4.78 is 0. The van der Waals surface area contributed by atoms with Gasteiger partial charge in [-0.25, -0.2) is 4.98 Å². The smallest absolute Gasteiger partial charge is 0.270 e. The third-order valence-corrected chi connectivity index (χ3v) is 6.64. The Balaban J connectivity index is 1.38. The average molecular weight is 426 g/mol. The number of carbonyl (C=O) groups excluding carboxylic acids is 2. The number of thiazole rings is 1. The van der Waals surface area contributed by atoms with Crippen LogP contribution in [0.4, 0.5) is 5.69 Å². The van der Waals surface area contributed by atoms with Gasteiger partial charge in [0.2, 0.25) is 0 Å². The van der Waals surface area contributed by atoms with E-state index < -0.39 is 6.04 Å². The summed E-state index contributed by atoms with van der Waals surface area (Å²) in [5.41, 5.74) is 2.42. The van der Waals surface area contributed by atoms with Crippen LogP contribution >= 0.6 is 11.3 Å². The van der Waals surface area contributed by atoms with Crippen LogP contribution in [0, 0.1) is 0 Å². The van der Waals surface area contributed by atoms with E-state index >= 15 is 0 Å². The van der Waals surface area contributed by atoms with E-state index in [9.17, 15) is 9.59 Å². The summed E-state index contributed by atoms with van der Waals surface area (Å²) in [6.07, 6.45) is 1.33. The number of nitrogens with zero attached hydrogens (tertiary/aromatic N) is 5. The average Bonchev–Trinajstić information content (AvgIpc) is 3.42. The summed E-state index contributed by atoms with van der Waals surface area (Å²) in [6, 6.07) is 9.15. The van der Waals surface area contributed by atoms with E-state index in [1.54, 1.807) is 23.3 Å². The first-order chi connectivity index (χ1) is 14.5. The van der Waals surface area contributed by atoms with Crippen LogP contribution < -0.4 is 5.01 Å². The van der Waals surface area contributed by atoms with Crippen LogP contribution in [0.3, 0.4) is 0 Å². The van der Waals surface area contributed by atoms with Gasteiger partial charge in [0, 0.05) is 44.5 Å². The number of aromatic nitrogens is 1. The molecule has 0 bridgehead atoms. The summed E-state index contributed by atoms with van der Waals surface area (Å²) in [4.78, 5) is 34.1. The standard InChI is InChI=1S/C22H27N5O2S/c1-3-21-23-17(15-30-21)14-25-9-11-26(12-10-25)22(29)19-13-20(16(2)28)27(24-19)18-7-5-4-6-8-18/h4-8,15,20H,3,9-14H2,1-2H3. The van der Waals surface area contributed by atoms with Gasteiger partial charge in [-0.15, -0.1) is 11.3 Å². The lowest BCUT2D eigenvalue weighted by atomic mass is 10.1. The van der Waals surface area contributed by atoms with E-state index in [1.807, 2.05) is 35.2 Å². The number of hydrazone groups is 1. The van der Waals surface area contributed by atoms with Gasteiger partial charge in [-0.05, 0) is 25.5 Å². The zero-order chi connectivity index (χ0) is 21.1. The number of piperazine rings is 1. The van der Waals surface area contributed by atoms with Crippen molar-refractivity contribution in [1.29, 1.82) is 0 Å². The van der Waals surface area contributed by atoms with E-state index in [1.165, 1.54) is 5.01 Å². The SMILES string of the molecule is CCc1nc(CN2CCN(C(=O)C3=NN(c4ccccc4)C(C(C)=O)C3)CC2)cs1. The van der Waals surface area contributed by atoms with E-state index in [0.717, 1.165) is 37.4 Å². The quantitative estimate of drug-likeness (QED) is 0.712. The zero-order valence-electron chi connectivity index (χ0n) is 17.5. The summed E-state index contributed by atoms with van der Waals surface area (Å²) in [7, 11) is 0. The monoisotopic (exact) mass is 425 g/mol. The fourth-order valence-electron chi connectivity index (χ4n) is 3.88. The molecule has 1 aromatic carbocycles. The molecule has 0 N–H and O–H groups in total. The molecule has 0 aliphatic carbocycles. The second kappa shape index (κ2) is 9.06. The van der Waals surface area contributed by atoms with Crippen molar-refractivity contribution in [2.24, 2.45) is 5.10 Å². The Labute approximate surface area is 181 Å². The molecule has 1 unspecified atom stereocenters.